The van der Waals surface area contributed by atoms with Crippen LogP contribution >= 0.6 is 0 Å². The number of nitrogens with zero attached hydrogens (tertiary/aromatic N) is 3. The Kier molecular flexibility index (Phi) is 13.1. The molecule has 0 aliphatic rings. The van der Waals surface area contributed by atoms with Gasteiger partial charge in [0.15, 0.2) is 5.65 Å². The first-order valence-corrected chi connectivity index (χ1v) is 14.4. The Labute approximate surface area is 275 Å². The zero-order valence-electron chi connectivity index (χ0n) is 25.9. The van der Waals surface area contributed by atoms with E-state index >= 15 is 0 Å². The summed E-state index contributed by atoms with van der Waals surface area (Å²) in [7, 11) is 0. The molecule has 49 heavy (non-hydrogen) atoms. The maximum Gasteiger partial charge on any atom is 0.490 e. The third-order valence-electron chi connectivity index (χ3n) is 6.06. The number of nitrogens with one attached hydrogen (secondary N) is 1. The summed E-state index contributed by atoms with van der Waals surface area (Å²) < 4.78 is 75.6. The average molecular weight is 693 g/mol. The first-order valence-electron chi connectivity index (χ1n) is 14.4. The smallest absolute Gasteiger partial charge is 0.490 e. The van der Waals surface area contributed by atoms with Gasteiger partial charge < -0.3 is 24.7 Å². The number of ether oxygens (including phenoxy) is 2. The number of fused-ring (bicyclic) bond motifs is 1. The Bertz CT molecular complexity index is 1790. The summed E-state index contributed by atoms with van der Waals surface area (Å²) in [6.07, 6.45) is -2.76. The lowest BCUT2D eigenvalue weighted by Gasteiger charge is -2.13. The lowest BCUT2D eigenvalue weighted by atomic mass is 10.1. The molecule has 0 spiro atoms. The molecule has 0 bridgehead atoms. The fourth-order valence-electron chi connectivity index (χ4n) is 3.97. The van der Waals surface area contributed by atoms with Gasteiger partial charge >= 0.3 is 24.3 Å². The van der Waals surface area contributed by atoms with Crippen LogP contribution in [0.4, 0.5) is 26.3 Å². The Morgan fingerprint density at radius 3 is 2.02 bits per heavy atom. The summed E-state index contributed by atoms with van der Waals surface area (Å²) in [5.74, 6) is -3.28. The third-order valence-corrected chi connectivity index (χ3v) is 6.06. The SMILES string of the molecule is CC(C)Oc1cc(OCCCc2cccnc2)cc(-c2nc3ncc(-c4ccccc4)cc3[nH]2)c1.O=C(O)C(F)(F)F.O=C(O)C(F)(F)F. The number of benzene rings is 2. The number of pyridine rings is 2. The van der Waals surface area contributed by atoms with Gasteiger partial charge in [0.25, 0.3) is 0 Å². The van der Waals surface area contributed by atoms with Crippen molar-refractivity contribution in [1.29, 1.82) is 0 Å². The van der Waals surface area contributed by atoms with E-state index in [9.17, 15) is 26.3 Å². The molecule has 3 aromatic heterocycles. The molecule has 2 aromatic carbocycles. The van der Waals surface area contributed by atoms with Gasteiger partial charge in [0.2, 0.25) is 0 Å². The van der Waals surface area contributed by atoms with Crippen LogP contribution in [0.25, 0.3) is 33.7 Å². The highest BCUT2D eigenvalue weighted by atomic mass is 19.4. The number of carboxylic acid groups (broad SMARTS) is 2. The van der Waals surface area contributed by atoms with Gasteiger partial charge in [-0.3, -0.25) is 4.98 Å². The molecule has 10 nitrogen and oxygen atoms in total. The Hall–Kier alpha value is -5.67. The van der Waals surface area contributed by atoms with Gasteiger partial charge in [-0.15, -0.1) is 0 Å². The highest BCUT2D eigenvalue weighted by molar-refractivity contribution is 5.81. The number of aryl methyl sites for hydroxylation is 1. The van der Waals surface area contributed by atoms with E-state index < -0.39 is 24.3 Å². The molecular formula is C33H30F6N4O6. The van der Waals surface area contributed by atoms with E-state index in [4.69, 9.17) is 34.3 Å². The van der Waals surface area contributed by atoms with Crippen molar-refractivity contribution in [3.8, 4) is 34.0 Å². The molecule has 5 aromatic rings. The van der Waals surface area contributed by atoms with Crippen LogP contribution in [0.15, 0.2) is 85.3 Å². The summed E-state index contributed by atoms with van der Waals surface area (Å²) in [6, 6.07) is 22.2. The average Bonchev–Trinajstić information content (AvgIpc) is 3.47. The van der Waals surface area contributed by atoms with Crippen molar-refractivity contribution in [2.45, 2.75) is 45.1 Å². The predicted molar refractivity (Wildman–Crippen MR) is 166 cm³/mol. The third kappa shape index (κ3) is 12.5. The minimum atomic E-state index is -5.08. The highest BCUT2D eigenvalue weighted by Crippen LogP contribution is 2.31. The van der Waals surface area contributed by atoms with E-state index in [-0.39, 0.29) is 6.10 Å². The molecule has 16 heteroatoms. The molecule has 0 saturated carbocycles. The van der Waals surface area contributed by atoms with Crippen molar-refractivity contribution in [2.24, 2.45) is 0 Å². The lowest BCUT2D eigenvalue weighted by Crippen LogP contribution is -2.21. The number of H-pyrrole nitrogens is 1. The normalized spacial score (nSPS) is 11.2. The van der Waals surface area contributed by atoms with E-state index in [1.165, 1.54) is 5.56 Å². The lowest BCUT2D eigenvalue weighted by molar-refractivity contribution is -0.193. The zero-order chi connectivity index (χ0) is 36.2. The number of hydrogen-bond donors (Lipinski definition) is 3. The maximum absolute atomic E-state index is 10.6. The van der Waals surface area contributed by atoms with Crippen molar-refractivity contribution >= 4 is 23.1 Å². The molecule has 260 valence electrons. The minimum absolute atomic E-state index is 0.0504. The van der Waals surface area contributed by atoms with Crippen LogP contribution < -0.4 is 9.47 Å². The molecule has 0 aliphatic carbocycles. The van der Waals surface area contributed by atoms with Crippen molar-refractivity contribution in [3.05, 3.63) is 90.9 Å². The van der Waals surface area contributed by atoms with Gasteiger partial charge in [-0.1, -0.05) is 36.4 Å². The van der Waals surface area contributed by atoms with E-state index in [2.05, 4.69) is 39.2 Å². The molecule has 5 rings (SSSR count). The number of carboxylic acids is 2. The zero-order valence-corrected chi connectivity index (χ0v) is 25.9. The number of aromatic nitrogens is 4. The van der Waals surface area contributed by atoms with E-state index in [1.807, 2.05) is 68.7 Å². The van der Waals surface area contributed by atoms with Crippen LogP contribution in [0.2, 0.25) is 0 Å². The Morgan fingerprint density at radius 1 is 0.816 bits per heavy atom. The fourth-order valence-corrected chi connectivity index (χ4v) is 3.97. The molecule has 0 radical (unpaired) electrons. The fraction of sp³-hybridized carbons (Fsp3) is 0.242. The van der Waals surface area contributed by atoms with E-state index in [0.717, 1.165) is 52.4 Å². The number of carbonyl (C=O) groups is 2. The summed E-state index contributed by atoms with van der Waals surface area (Å²) >= 11 is 0. The van der Waals surface area contributed by atoms with Crippen LogP contribution in [0, 0.1) is 0 Å². The monoisotopic (exact) mass is 692 g/mol. The van der Waals surface area contributed by atoms with Crippen LogP contribution in [0.5, 0.6) is 11.5 Å². The van der Waals surface area contributed by atoms with Crippen molar-refractivity contribution in [1.82, 2.24) is 19.9 Å². The molecule has 0 unspecified atom stereocenters. The summed E-state index contributed by atoms with van der Waals surface area (Å²) in [5, 5.41) is 14.2. The van der Waals surface area contributed by atoms with Crippen molar-refractivity contribution in [2.75, 3.05) is 6.61 Å². The standard InChI is InChI=1S/C29H28N4O2.2C2HF3O2/c1-20(2)35-26-15-23(14-25(17-26)34-13-7-9-21-8-6-12-30-18-21)28-32-27-16-24(19-31-29(27)33-28)22-10-4-3-5-11-22;2*3-2(4,5)1(6)7/h3-6,8,10-12,14-20H,7,9,13H2,1-2H3,(H,31,32,33);2*(H,6,7). The summed E-state index contributed by atoms with van der Waals surface area (Å²) in [4.78, 5) is 34.7. The quantitative estimate of drug-likeness (QED) is 0.104. The number of hydrogen-bond acceptors (Lipinski definition) is 7. The molecule has 0 aliphatic heterocycles. The number of aromatic amines is 1. The first-order chi connectivity index (χ1) is 23.0. The van der Waals surface area contributed by atoms with Crippen LogP contribution in [0.3, 0.4) is 0 Å². The van der Waals surface area contributed by atoms with Gasteiger partial charge in [-0.25, -0.2) is 19.6 Å². The van der Waals surface area contributed by atoms with Crippen molar-refractivity contribution in [3.63, 3.8) is 0 Å². The molecule has 3 heterocycles. The summed E-state index contributed by atoms with van der Waals surface area (Å²) in [6.45, 7) is 4.62. The number of halogens is 6. The van der Waals surface area contributed by atoms with Gasteiger partial charge in [-0.05, 0) is 62.1 Å². The number of imidazole rings is 1. The second kappa shape index (κ2) is 16.9. The van der Waals surface area contributed by atoms with Crippen LogP contribution in [-0.2, 0) is 16.0 Å². The summed E-state index contributed by atoms with van der Waals surface area (Å²) in [5.41, 5.74) is 5.82. The van der Waals surface area contributed by atoms with Gasteiger partial charge in [0, 0.05) is 35.8 Å². The van der Waals surface area contributed by atoms with Gasteiger partial charge in [0.1, 0.15) is 17.3 Å². The minimum Gasteiger partial charge on any atom is -0.493 e. The molecular weight excluding hydrogens is 662 g/mol. The molecule has 0 amide bonds. The van der Waals surface area contributed by atoms with Crippen LogP contribution in [-0.4, -0.2) is 67.2 Å². The first kappa shape index (κ1) is 37.8. The maximum atomic E-state index is 10.6. The Morgan fingerprint density at radius 2 is 1.45 bits per heavy atom. The molecule has 0 saturated heterocycles. The molecule has 0 fully saturated rings. The molecule has 3 N–H and O–H groups in total. The Balaban J connectivity index is 0.000000392. The number of rotatable bonds is 9. The van der Waals surface area contributed by atoms with E-state index in [1.54, 1.807) is 6.20 Å². The predicted octanol–water partition coefficient (Wildman–Crippen LogP) is 7.75. The second-order valence-corrected chi connectivity index (χ2v) is 10.3. The molecule has 0 atom stereocenters. The van der Waals surface area contributed by atoms with Gasteiger partial charge in [0.05, 0.1) is 18.2 Å². The van der Waals surface area contributed by atoms with Crippen LogP contribution in [0.1, 0.15) is 25.8 Å². The van der Waals surface area contributed by atoms with Crippen molar-refractivity contribution < 1.29 is 55.6 Å². The number of alkyl halides is 6. The highest BCUT2D eigenvalue weighted by Gasteiger charge is 2.38. The second-order valence-electron chi connectivity index (χ2n) is 10.3. The number of aliphatic carboxylic acids is 2. The van der Waals surface area contributed by atoms with Gasteiger partial charge in [-0.2, -0.15) is 26.3 Å². The topological polar surface area (TPSA) is 148 Å². The largest absolute Gasteiger partial charge is 0.493 e. The van der Waals surface area contributed by atoms with E-state index in [0.29, 0.717) is 12.3 Å².